The van der Waals surface area contributed by atoms with Crippen molar-refractivity contribution in [3.05, 3.63) is 35.9 Å². The first kappa shape index (κ1) is 43.1. The van der Waals surface area contributed by atoms with E-state index in [1.807, 2.05) is 20.2 Å². The van der Waals surface area contributed by atoms with Crippen molar-refractivity contribution < 1.29 is 50.8 Å². The first-order valence-corrected chi connectivity index (χ1v) is 18.2. The zero-order valence-electron chi connectivity index (χ0n) is 29.1. The second-order valence-corrected chi connectivity index (χ2v) is 17.3. The van der Waals surface area contributed by atoms with Crippen molar-refractivity contribution in [3.8, 4) is 6.07 Å². The number of carbonyl (C=O) groups excluding carboxylic acids is 4. The molecule has 0 amide bonds. The molecule has 12 nitrogen and oxygen atoms in total. The number of esters is 3. The molecule has 1 rings (SSSR count). The molecule has 0 heterocycles. The van der Waals surface area contributed by atoms with E-state index in [1.54, 1.807) is 45.0 Å². The molecule has 0 aliphatic heterocycles. The number of quaternary nitrogens is 1. The van der Waals surface area contributed by atoms with E-state index in [4.69, 9.17) is 31.0 Å². The van der Waals surface area contributed by atoms with Crippen LogP contribution in [0, 0.1) is 28.1 Å². The van der Waals surface area contributed by atoms with Gasteiger partial charge in [0, 0.05) is 19.3 Å². The van der Waals surface area contributed by atoms with Gasteiger partial charge < -0.3 is 18.7 Å². The number of hydrogen-bond acceptors (Lipinski definition) is 12. The van der Waals surface area contributed by atoms with Gasteiger partial charge in [0.2, 0.25) is 0 Å². The van der Waals surface area contributed by atoms with E-state index in [2.05, 4.69) is 6.07 Å². The van der Waals surface area contributed by atoms with Gasteiger partial charge in [0.15, 0.2) is 5.78 Å². The first-order valence-electron chi connectivity index (χ1n) is 15.4. The first-order chi connectivity index (χ1) is 22.0. The van der Waals surface area contributed by atoms with Crippen LogP contribution in [0.2, 0.25) is 0 Å². The van der Waals surface area contributed by atoms with Crippen LogP contribution in [0.4, 0.5) is 0 Å². The van der Waals surface area contributed by atoms with Gasteiger partial charge in [-0.3, -0.25) is 23.7 Å². The van der Waals surface area contributed by atoms with Crippen LogP contribution in [0.5, 0.6) is 0 Å². The van der Waals surface area contributed by atoms with Crippen molar-refractivity contribution in [2.45, 2.75) is 64.5 Å². The highest BCUT2D eigenvalue weighted by atomic mass is 32.2. The molecular weight excluding hydrogens is 681 g/mol. The van der Waals surface area contributed by atoms with Gasteiger partial charge in [-0.2, -0.15) is 13.7 Å². The van der Waals surface area contributed by atoms with Crippen LogP contribution in [0.1, 0.15) is 65.4 Å². The number of thioether (sulfide) groups is 1. The zero-order valence-corrected chi connectivity index (χ0v) is 31.5. The quantitative estimate of drug-likeness (QED) is 0.0381. The Morgan fingerprint density at radius 2 is 1.56 bits per heavy atom. The standard InChI is InChI=1S/C33H48N2O10S3/c1-31(2,23-34)22-32(3,29(38)43-7)26(36)20-25(27(37)45-18-12-16-35(5,6)17-13-19-48(40,41)42)21-33(4,30(39)44-8)47-28(46)24-14-10-9-11-15-24/h9-11,14-15,25H,12-13,16-22H2,1-8H3/p+1. The summed E-state index contributed by atoms with van der Waals surface area (Å²) < 4.78 is 46.2. The van der Waals surface area contributed by atoms with Crippen LogP contribution >= 0.6 is 24.0 Å². The van der Waals surface area contributed by atoms with Crippen molar-refractivity contribution >= 4 is 62.0 Å². The summed E-state index contributed by atoms with van der Waals surface area (Å²) in [5.74, 6) is -4.53. The van der Waals surface area contributed by atoms with E-state index in [-0.39, 0.29) is 31.6 Å². The fourth-order valence-electron chi connectivity index (χ4n) is 5.38. The fraction of sp³-hybridized carbons (Fsp3) is 0.636. The minimum absolute atomic E-state index is 0.0380. The number of benzene rings is 1. The van der Waals surface area contributed by atoms with Crippen molar-refractivity contribution in [3.63, 3.8) is 0 Å². The topological polar surface area (TPSA) is 174 Å². The molecule has 1 aromatic rings. The fourth-order valence-corrected chi connectivity index (χ4v) is 7.68. The highest BCUT2D eigenvalue weighted by Crippen LogP contribution is 2.41. The molecule has 0 aliphatic carbocycles. The Balaban J connectivity index is 3.35. The van der Waals surface area contributed by atoms with E-state index in [0.717, 1.165) is 18.9 Å². The molecular formula is C33H49N2O10S3+. The van der Waals surface area contributed by atoms with Crippen molar-refractivity contribution in [1.29, 1.82) is 5.26 Å². The third-order valence-corrected chi connectivity index (χ3v) is 10.5. The Hall–Kier alpha value is -2.90. The van der Waals surface area contributed by atoms with Crippen LogP contribution in [0.25, 0.3) is 0 Å². The van der Waals surface area contributed by atoms with Crippen molar-refractivity contribution in [2.24, 2.45) is 16.7 Å². The maximum Gasteiger partial charge on any atom is 0.322 e. The number of Topliss-reactive ketones (excluding diaryl/α,β-unsaturated/α-hetero) is 1. The summed E-state index contributed by atoms with van der Waals surface area (Å²) in [6.45, 7) is 7.04. The number of rotatable bonds is 20. The smallest absolute Gasteiger partial charge is 0.322 e. The zero-order chi connectivity index (χ0) is 37.0. The number of hydrogen-bond donors (Lipinski definition) is 1. The largest absolute Gasteiger partial charge is 0.468 e. The average Bonchev–Trinajstić information content (AvgIpc) is 3.00. The van der Waals surface area contributed by atoms with Crippen LogP contribution < -0.4 is 0 Å². The normalized spacial score (nSPS) is 15.2. The van der Waals surface area contributed by atoms with Crippen LogP contribution in [-0.4, -0.2) is 104 Å². The molecule has 0 saturated carbocycles. The number of nitrogens with zero attached hydrogens (tertiary/aromatic N) is 2. The molecule has 0 radical (unpaired) electrons. The lowest BCUT2D eigenvalue weighted by atomic mass is 9.70. The molecule has 1 N–H and O–H groups in total. The second-order valence-electron chi connectivity index (χ2n) is 13.5. The maximum absolute atomic E-state index is 13.9. The molecule has 0 spiro atoms. The monoisotopic (exact) mass is 729 g/mol. The molecule has 0 aliphatic rings. The Bertz CT molecular complexity index is 1460. The summed E-state index contributed by atoms with van der Waals surface area (Å²) >= 11 is 6.65. The number of ketones is 1. The summed E-state index contributed by atoms with van der Waals surface area (Å²) in [5.41, 5.74) is -2.18. The van der Waals surface area contributed by atoms with Gasteiger partial charge >= 0.3 is 17.9 Å². The minimum Gasteiger partial charge on any atom is -0.468 e. The maximum atomic E-state index is 13.9. The third kappa shape index (κ3) is 13.9. The van der Waals surface area contributed by atoms with Crippen LogP contribution in [0.3, 0.4) is 0 Å². The second kappa shape index (κ2) is 18.2. The molecule has 48 heavy (non-hydrogen) atoms. The van der Waals surface area contributed by atoms with E-state index < -0.39 is 61.7 Å². The van der Waals surface area contributed by atoms with E-state index in [9.17, 15) is 32.9 Å². The summed E-state index contributed by atoms with van der Waals surface area (Å²) in [6, 6.07) is 11.1. The number of methoxy groups -OCH3 is 2. The van der Waals surface area contributed by atoms with Crippen molar-refractivity contribution in [2.75, 3.05) is 53.8 Å². The van der Waals surface area contributed by atoms with Gasteiger partial charge in [0.25, 0.3) is 10.1 Å². The minimum atomic E-state index is -4.07. The summed E-state index contributed by atoms with van der Waals surface area (Å²) in [5, 5.41) is 9.65. The molecule has 1 aromatic carbocycles. The summed E-state index contributed by atoms with van der Waals surface area (Å²) in [6.07, 6.45) is -0.254. The molecule has 0 fully saturated rings. The molecule has 0 saturated heterocycles. The molecule has 15 heteroatoms. The molecule has 3 unspecified atom stereocenters. The SMILES string of the molecule is COC(=O)C(C)(CC(CC(=O)C(C)(CC(C)(C)C#N)C(=O)OC)C(=O)OCCC[N+](C)(C)CCCS(=O)(=O)O)SC(=S)c1ccccc1. The summed E-state index contributed by atoms with van der Waals surface area (Å²) in [4.78, 5) is 53.9. The third-order valence-electron chi connectivity index (χ3n) is 8.01. The number of carbonyl (C=O) groups is 4. The van der Waals surface area contributed by atoms with E-state index >= 15 is 0 Å². The van der Waals surface area contributed by atoms with Crippen LogP contribution in [-0.2, 0) is 43.5 Å². The lowest BCUT2D eigenvalue weighted by Crippen LogP contribution is -2.44. The number of thiocarbonyl (C=S) groups is 1. The van der Waals surface area contributed by atoms with Gasteiger partial charge in [-0.15, -0.1) is 0 Å². The van der Waals surface area contributed by atoms with E-state index in [1.165, 1.54) is 14.0 Å². The molecule has 3 atom stereocenters. The number of nitriles is 1. The summed E-state index contributed by atoms with van der Waals surface area (Å²) in [7, 11) is 2.02. The van der Waals surface area contributed by atoms with Crippen molar-refractivity contribution in [1.82, 2.24) is 0 Å². The van der Waals surface area contributed by atoms with E-state index in [0.29, 0.717) is 33.8 Å². The Kier molecular flexibility index (Phi) is 16.3. The highest BCUT2D eigenvalue weighted by molar-refractivity contribution is 8.25. The molecule has 268 valence electrons. The molecule has 0 aromatic heterocycles. The van der Waals surface area contributed by atoms with Gasteiger partial charge in [0.05, 0.1) is 75.4 Å². The van der Waals surface area contributed by atoms with Gasteiger partial charge in [0.1, 0.15) is 10.2 Å². The molecule has 0 bridgehead atoms. The number of ether oxygens (including phenoxy) is 3. The Morgan fingerprint density at radius 3 is 2.08 bits per heavy atom. The van der Waals surface area contributed by atoms with Gasteiger partial charge in [-0.05, 0) is 46.1 Å². The Morgan fingerprint density at radius 1 is 1.00 bits per heavy atom. The van der Waals surface area contributed by atoms with Gasteiger partial charge in [-0.1, -0.05) is 54.3 Å². The highest BCUT2D eigenvalue weighted by Gasteiger charge is 2.49. The van der Waals surface area contributed by atoms with Crippen LogP contribution in [0.15, 0.2) is 30.3 Å². The van der Waals surface area contributed by atoms with Gasteiger partial charge in [-0.25, -0.2) is 0 Å². The Labute approximate surface area is 294 Å². The predicted octanol–water partition coefficient (Wildman–Crippen LogP) is 4.40. The predicted molar refractivity (Wildman–Crippen MR) is 186 cm³/mol. The lowest BCUT2D eigenvalue weighted by molar-refractivity contribution is -0.890. The average molecular weight is 730 g/mol. The lowest BCUT2D eigenvalue weighted by Gasteiger charge is -2.33.